The fourth-order valence-corrected chi connectivity index (χ4v) is 5.09. The summed E-state index contributed by atoms with van der Waals surface area (Å²) in [6.45, 7) is 3.62. The van der Waals surface area contributed by atoms with Crippen molar-refractivity contribution in [1.29, 1.82) is 0 Å². The van der Waals surface area contributed by atoms with Crippen LogP contribution in [0.3, 0.4) is 0 Å². The summed E-state index contributed by atoms with van der Waals surface area (Å²) in [6, 6.07) is 8.06. The Morgan fingerprint density at radius 1 is 1.14 bits per heavy atom. The molecule has 0 aromatic heterocycles. The van der Waals surface area contributed by atoms with Crippen LogP contribution in [-0.4, -0.2) is 56.0 Å². The minimum Gasteiger partial charge on any atom is -0.497 e. The lowest BCUT2D eigenvalue weighted by Crippen LogP contribution is -2.51. The second kappa shape index (κ2) is 8.52. The van der Waals surface area contributed by atoms with Crippen molar-refractivity contribution in [1.82, 2.24) is 10.2 Å². The first-order valence-electron chi connectivity index (χ1n) is 10.6. The van der Waals surface area contributed by atoms with Crippen LogP contribution in [0.4, 0.5) is 5.69 Å². The normalized spacial score (nSPS) is 28.1. The molecule has 3 saturated heterocycles. The monoisotopic (exact) mass is 385 g/mol. The van der Waals surface area contributed by atoms with Crippen molar-refractivity contribution in [2.45, 2.75) is 44.6 Å². The zero-order valence-electron chi connectivity index (χ0n) is 16.7. The summed E-state index contributed by atoms with van der Waals surface area (Å²) in [5, 5.41) is 3.17. The molecule has 0 unspecified atom stereocenters. The smallest absolute Gasteiger partial charge is 0.227 e. The molecule has 0 spiro atoms. The van der Waals surface area contributed by atoms with Gasteiger partial charge in [0.25, 0.3) is 0 Å². The van der Waals surface area contributed by atoms with E-state index in [1.807, 2.05) is 24.3 Å². The lowest BCUT2D eigenvalue weighted by Gasteiger charge is -2.44. The van der Waals surface area contributed by atoms with Crippen LogP contribution in [0.15, 0.2) is 24.3 Å². The molecule has 3 aliphatic rings. The zero-order chi connectivity index (χ0) is 19.5. The maximum absolute atomic E-state index is 12.7. The van der Waals surface area contributed by atoms with Gasteiger partial charge in [-0.3, -0.25) is 9.59 Å². The van der Waals surface area contributed by atoms with Gasteiger partial charge in [0.15, 0.2) is 0 Å². The number of nitrogens with zero attached hydrogens (tertiary/aromatic N) is 2. The molecule has 0 radical (unpaired) electrons. The highest BCUT2D eigenvalue weighted by molar-refractivity contribution is 6.00. The van der Waals surface area contributed by atoms with Crippen LogP contribution >= 0.6 is 0 Å². The first kappa shape index (κ1) is 19.2. The molecule has 0 bridgehead atoms. The van der Waals surface area contributed by atoms with Gasteiger partial charge in [-0.1, -0.05) is 6.42 Å². The molecule has 2 amide bonds. The molecule has 152 valence electrons. The maximum Gasteiger partial charge on any atom is 0.227 e. The first-order chi connectivity index (χ1) is 13.7. The number of benzene rings is 1. The van der Waals surface area contributed by atoms with Crippen molar-refractivity contribution in [3.63, 3.8) is 0 Å². The number of hydrogen-bond acceptors (Lipinski definition) is 4. The van der Waals surface area contributed by atoms with Gasteiger partial charge in [0.1, 0.15) is 5.75 Å². The van der Waals surface area contributed by atoms with E-state index in [9.17, 15) is 9.59 Å². The molecule has 4 rings (SSSR count). The second-order valence-corrected chi connectivity index (χ2v) is 8.35. The van der Waals surface area contributed by atoms with Crippen LogP contribution in [0.25, 0.3) is 0 Å². The number of methoxy groups -OCH3 is 1. The summed E-state index contributed by atoms with van der Waals surface area (Å²) in [7, 11) is 1.62. The number of amides is 2. The Bertz CT molecular complexity index is 703. The molecule has 1 aromatic rings. The van der Waals surface area contributed by atoms with E-state index in [0.717, 1.165) is 18.0 Å². The number of hydrogen-bond donors (Lipinski definition) is 1. The minimum absolute atomic E-state index is 0.0152. The van der Waals surface area contributed by atoms with Crippen LogP contribution in [-0.2, 0) is 9.59 Å². The average molecular weight is 386 g/mol. The topological polar surface area (TPSA) is 61.9 Å². The lowest BCUT2D eigenvalue weighted by molar-refractivity contribution is -0.126. The van der Waals surface area contributed by atoms with E-state index in [4.69, 9.17) is 4.74 Å². The number of rotatable bonds is 5. The molecule has 0 saturated carbocycles. The Morgan fingerprint density at radius 3 is 2.71 bits per heavy atom. The van der Waals surface area contributed by atoms with Crippen LogP contribution in [0.2, 0.25) is 0 Å². The number of ether oxygens (including phenoxy) is 1. The van der Waals surface area contributed by atoms with Gasteiger partial charge in [-0.25, -0.2) is 0 Å². The van der Waals surface area contributed by atoms with Gasteiger partial charge >= 0.3 is 0 Å². The Kier molecular flexibility index (Phi) is 5.85. The zero-order valence-corrected chi connectivity index (χ0v) is 16.7. The van der Waals surface area contributed by atoms with E-state index in [0.29, 0.717) is 18.5 Å². The van der Waals surface area contributed by atoms with Gasteiger partial charge in [-0.05, 0) is 69.0 Å². The number of carbonyl (C=O) groups is 2. The van der Waals surface area contributed by atoms with Crippen LogP contribution in [0.5, 0.6) is 5.75 Å². The van der Waals surface area contributed by atoms with E-state index >= 15 is 0 Å². The molecule has 3 aliphatic heterocycles. The van der Waals surface area contributed by atoms with E-state index in [2.05, 4.69) is 10.2 Å². The molecule has 1 N–H and O–H groups in total. The van der Waals surface area contributed by atoms with E-state index in [-0.39, 0.29) is 24.2 Å². The minimum atomic E-state index is -0.263. The summed E-state index contributed by atoms with van der Waals surface area (Å²) in [6.07, 6.45) is 6.58. The van der Waals surface area contributed by atoms with Gasteiger partial charge < -0.3 is 19.9 Å². The number of fused-ring (bicyclic) bond motifs is 1. The van der Waals surface area contributed by atoms with Crippen molar-refractivity contribution in [2.75, 3.05) is 38.2 Å². The quantitative estimate of drug-likeness (QED) is 0.846. The molecular formula is C22H31N3O3. The molecule has 3 atom stereocenters. The predicted molar refractivity (Wildman–Crippen MR) is 108 cm³/mol. The lowest BCUT2D eigenvalue weighted by atomic mass is 9.83. The Morgan fingerprint density at radius 2 is 1.93 bits per heavy atom. The summed E-state index contributed by atoms with van der Waals surface area (Å²) in [5.74, 6) is 1.08. The predicted octanol–water partition coefficient (Wildman–Crippen LogP) is 2.43. The van der Waals surface area contributed by atoms with Gasteiger partial charge in [0.2, 0.25) is 11.8 Å². The molecule has 3 heterocycles. The maximum atomic E-state index is 12.7. The molecule has 0 aliphatic carbocycles. The summed E-state index contributed by atoms with van der Waals surface area (Å²) in [4.78, 5) is 29.5. The number of piperidine rings is 2. The molecule has 3 fully saturated rings. The fourth-order valence-electron chi connectivity index (χ4n) is 5.09. The van der Waals surface area contributed by atoms with Crippen molar-refractivity contribution >= 4 is 17.5 Å². The SMILES string of the molecule is COc1ccc(N2C[C@H](C(=O)NC[C@@H]3CCCN4CCCC[C@@H]34)CC2=O)cc1. The summed E-state index contributed by atoms with van der Waals surface area (Å²) >= 11 is 0. The third-order valence-electron chi connectivity index (χ3n) is 6.65. The number of carbonyl (C=O) groups excluding carboxylic acids is 2. The number of nitrogens with one attached hydrogen (secondary N) is 1. The van der Waals surface area contributed by atoms with Crippen LogP contribution in [0, 0.1) is 11.8 Å². The van der Waals surface area contributed by atoms with Crippen molar-refractivity contribution < 1.29 is 14.3 Å². The van der Waals surface area contributed by atoms with E-state index in [1.165, 1.54) is 45.2 Å². The highest BCUT2D eigenvalue weighted by Gasteiger charge is 2.37. The largest absolute Gasteiger partial charge is 0.497 e. The van der Waals surface area contributed by atoms with Gasteiger partial charge in [-0.2, -0.15) is 0 Å². The summed E-state index contributed by atoms with van der Waals surface area (Å²) in [5.41, 5.74) is 0.825. The Hall–Kier alpha value is -2.08. The van der Waals surface area contributed by atoms with Crippen LogP contribution < -0.4 is 15.0 Å². The standard InChI is InChI=1S/C22H31N3O3/c1-28-19-9-7-18(8-10-19)25-15-17(13-21(25)26)22(27)23-14-16-5-4-12-24-11-3-2-6-20(16)24/h7-10,16-17,20H,2-6,11-15H2,1H3,(H,23,27)/t16-,17+,20-/m0/s1. The summed E-state index contributed by atoms with van der Waals surface area (Å²) < 4.78 is 5.17. The third kappa shape index (κ3) is 4.02. The van der Waals surface area contributed by atoms with Crippen LogP contribution in [0.1, 0.15) is 38.5 Å². The molecule has 1 aromatic carbocycles. The second-order valence-electron chi connectivity index (χ2n) is 8.35. The molecule has 28 heavy (non-hydrogen) atoms. The third-order valence-corrected chi connectivity index (χ3v) is 6.65. The molecule has 6 heteroatoms. The first-order valence-corrected chi connectivity index (χ1v) is 10.6. The average Bonchev–Trinajstić information content (AvgIpc) is 3.13. The fraction of sp³-hybridized carbons (Fsp3) is 0.636. The Labute approximate surface area is 167 Å². The van der Waals surface area contributed by atoms with Gasteiger partial charge in [-0.15, -0.1) is 0 Å². The van der Waals surface area contributed by atoms with Crippen molar-refractivity contribution in [3.05, 3.63) is 24.3 Å². The molecule has 6 nitrogen and oxygen atoms in total. The van der Waals surface area contributed by atoms with Gasteiger partial charge in [0, 0.05) is 31.2 Å². The van der Waals surface area contributed by atoms with Crippen molar-refractivity contribution in [3.8, 4) is 5.75 Å². The van der Waals surface area contributed by atoms with Crippen molar-refractivity contribution in [2.24, 2.45) is 11.8 Å². The van der Waals surface area contributed by atoms with E-state index in [1.54, 1.807) is 12.0 Å². The highest BCUT2D eigenvalue weighted by atomic mass is 16.5. The van der Waals surface area contributed by atoms with E-state index < -0.39 is 0 Å². The highest BCUT2D eigenvalue weighted by Crippen LogP contribution is 2.31. The van der Waals surface area contributed by atoms with Gasteiger partial charge in [0.05, 0.1) is 13.0 Å². The number of anilines is 1. The molecular weight excluding hydrogens is 354 g/mol. The Balaban J connectivity index is 1.32.